The predicted molar refractivity (Wildman–Crippen MR) is 105 cm³/mol. The van der Waals surface area contributed by atoms with Crippen molar-refractivity contribution in [2.45, 2.75) is 99.0 Å². The summed E-state index contributed by atoms with van der Waals surface area (Å²) in [4.78, 5) is 0. The van der Waals surface area contributed by atoms with Gasteiger partial charge in [0.1, 0.15) is 67.1 Å². The van der Waals surface area contributed by atoms with E-state index in [1.54, 1.807) is 0 Å². The number of rotatable bonds is 7. The van der Waals surface area contributed by atoms with Crippen LogP contribution in [0.2, 0.25) is 0 Å². The third-order valence-electron chi connectivity index (χ3n) is 6.27. The van der Waals surface area contributed by atoms with Crippen molar-refractivity contribution in [2.75, 3.05) is 20.3 Å². The zero-order chi connectivity index (χ0) is 25.3. The largest absolute Gasteiger partial charge is 0.394 e. The van der Waals surface area contributed by atoms with Crippen LogP contribution in [-0.2, 0) is 28.4 Å². The molecule has 0 spiro atoms. The lowest BCUT2D eigenvalue weighted by atomic mass is 9.96. The molecule has 3 fully saturated rings. The molecule has 15 nitrogen and oxygen atoms in total. The highest BCUT2D eigenvalue weighted by atomic mass is 16.8. The van der Waals surface area contributed by atoms with Crippen molar-refractivity contribution < 1.29 is 74.4 Å². The van der Waals surface area contributed by atoms with Gasteiger partial charge in [-0.15, -0.1) is 0 Å². The maximum atomic E-state index is 11.0. The van der Waals surface area contributed by atoms with E-state index in [0.29, 0.717) is 0 Å². The van der Waals surface area contributed by atoms with Crippen LogP contribution in [0.4, 0.5) is 0 Å². The first-order valence-corrected chi connectivity index (χ1v) is 10.8. The Morgan fingerprint density at radius 3 is 1.62 bits per heavy atom. The fraction of sp³-hybridized carbons (Fsp3) is 1.00. The zero-order valence-corrected chi connectivity index (χ0v) is 18.5. The average molecular weight is 502 g/mol. The molecule has 9 N–H and O–H groups in total. The van der Waals surface area contributed by atoms with Crippen molar-refractivity contribution in [3.05, 3.63) is 0 Å². The van der Waals surface area contributed by atoms with Gasteiger partial charge in [-0.2, -0.15) is 0 Å². The fourth-order valence-electron chi connectivity index (χ4n) is 4.16. The highest BCUT2D eigenvalue weighted by Crippen LogP contribution is 2.32. The van der Waals surface area contributed by atoms with Crippen molar-refractivity contribution >= 4 is 0 Å². The predicted octanol–water partition coefficient (Wildman–Crippen LogP) is -5.89. The number of aliphatic hydroxyl groups is 9. The van der Waals surface area contributed by atoms with Crippen LogP contribution < -0.4 is 0 Å². The van der Waals surface area contributed by atoms with Crippen molar-refractivity contribution in [1.29, 1.82) is 0 Å². The zero-order valence-electron chi connectivity index (χ0n) is 18.5. The average Bonchev–Trinajstić information content (AvgIpc) is 2.83. The minimum Gasteiger partial charge on any atom is -0.394 e. The fourth-order valence-corrected chi connectivity index (χ4v) is 4.16. The molecule has 15 heteroatoms. The van der Waals surface area contributed by atoms with Gasteiger partial charge in [-0.3, -0.25) is 0 Å². The molecular weight excluding hydrogens is 468 g/mol. The first kappa shape index (κ1) is 28.0. The Bertz CT molecular complexity index is 639. The first-order valence-electron chi connectivity index (χ1n) is 10.8. The van der Waals surface area contributed by atoms with Gasteiger partial charge in [0.05, 0.1) is 19.3 Å². The summed E-state index contributed by atoms with van der Waals surface area (Å²) in [7, 11) is 1.22. The number of ether oxygens (including phenoxy) is 6. The quantitative estimate of drug-likeness (QED) is 0.157. The van der Waals surface area contributed by atoms with Crippen LogP contribution in [0.25, 0.3) is 0 Å². The second kappa shape index (κ2) is 11.6. The minimum atomic E-state index is -1.79. The Kier molecular flexibility index (Phi) is 9.57. The molecule has 9 unspecified atom stereocenters. The molecule has 0 amide bonds. The molecule has 0 aromatic carbocycles. The second-order valence-corrected chi connectivity index (χ2v) is 8.53. The summed E-state index contributed by atoms with van der Waals surface area (Å²) in [6.45, 7) is 0.0412. The van der Waals surface area contributed by atoms with Gasteiger partial charge in [0, 0.05) is 7.11 Å². The number of hydrogen-bond donors (Lipinski definition) is 9. The van der Waals surface area contributed by atoms with Gasteiger partial charge in [0.15, 0.2) is 18.9 Å². The van der Waals surface area contributed by atoms with Gasteiger partial charge >= 0.3 is 0 Å². The van der Waals surface area contributed by atoms with Gasteiger partial charge in [0.2, 0.25) is 0 Å². The Balaban J connectivity index is 1.78. The van der Waals surface area contributed by atoms with Crippen LogP contribution in [0.3, 0.4) is 0 Å². The lowest BCUT2D eigenvalue weighted by Gasteiger charge is -2.48. The Labute approximate surface area is 194 Å². The molecule has 3 saturated heterocycles. The summed E-state index contributed by atoms with van der Waals surface area (Å²) in [5, 5.41) is 90.4. The van der Waals surface area contributed by atoms with E-state index >= 15 is 0 Å². The molecular formula is C19H34O15. The molecule has 0 aliphatic carbocycles. The van der Waals surface area contributed by atoms with Gasteiger partial charge < -0.3 is 74.4 Å². The third-order valence-corrected chi connectivity index (χ3v) is 6.27. The van der Waals surface area contributed by atoms with E-state index in [1.165, 1.54) is 14.0 Å². The molecule has 0 radical (unpaired) electrons. The second-order valence-electron chi connectivity index (χ2n) is 8.53. The molecule has 3 rings (SSSR count). The lowest BCUT2D eigenvalue weighted by molar-refractivity contribution is -0.383. The molecule has 34 heavy (non-hydrogen) atoms. The number of methoxy groups -OCH3 is 1. The molecule has 200 valence electrons. The molecule has 15 atom stereocenters. The summed E-state index contributed by atoms with van der Waals surface area (Å²) < 4.78 is 32.7. The Morgan fingerprint density at radius 1 is 0.559 bits per heavy atom. The van der Waals surface area contributed by atoms with E-state index in [-0.39, 0.29) is 0 Å². The highest BCUT2D eigenvalue weighted by Gasteiger charge is 2.53. The summed E-state index contributed by atoms with van der Waals surface area (Å²) in [5.41, 5.74) is 0. The van der Waals surface area contributed by atoms with Gasteiger partial charge in [0.25, 0.3) is 0 Å². The Morgan fingerprint density at radius 2 is 1.06 bits per heavy atom. The van der Waals surface area contributed by atoms with Crippen molar-refractivity contribution in [3.63, 3.8) is 0 Å². The van der Waals surface area contributed by atoms with Crippen LogP contribution in [-0.4, -0.2) is 158 Å². The van der Waals surface area contributed by atoms with Crippen molar-refractivity contribution in [2.24, 2.45) is 0 Å². The van der Waals surface area contributed by atoms with Crippen LogP contribution >= 0.6 is 0 Å². The topological polar surface area (TPSA) is 237 Å². The van der Waals surface area contributed by atoms with Crippen molar-refractivity contribution in [1.82, 2.24) is 0 Å². The summed E-state index contributed by atoms with van der Waals surface area (Å²) in [6, 6.07) is 0. The van der Waals surface area contributed by atoms with E-state index in [4.69, 9.17) is 28.4 Å². The van der Waals surface area contributed by atoms with Gasteiger partial charge in [-0.1, -0.05) is 0 Å². The number of hydrogen-bond acceptors (Lipinski definition) is 15. The molecule has 3 aliphatic rings. The molecule has 0 aromatic rings. The molecule has 0 bridgehead atoms. The summed E-state index contributed by atoms with van der Waals surface area (Å²) in [5.74, 6) is 0. The number of aliphatic hydroxyl groups excluding tert-OH is 9. The standard InChI is InChI=1S/C19H34O15/c1-5-8(22)10(24)12(26)17(30-5)34-16-14(28)15(7(4-21)32-19(16)29-2)33-18-13(27)11(25)9(23)6(3-20)31-18/h5-28H,3-4H2,1-2H3/t5?,6?,7?,8?,9?,10-,11+,12-,13-,14+,15?,16-,17?,18?,19?/m0/s1. The third kappa shape index (κ3) is 5.39. The summed E-state index contributed by atoms with van der Waals surface area (Å²) in [6.07, 6.45) is -22.4. The van der Waals surface area contributed by atoms with Crippen LogP contribution in [0, 0.1) is 0 Å². The summed E-state index contributed by atoms with van der Waals surface area (Å²) >= 11 is 0. The SMILES string of the molecule is COC1OC(CO)C(OC2OC(CO)C(O)[C@@H](O)[C@@H]2O)[C@@H](O)[C@@H]1OC1OC(C)C(O)[C@H](O)[C@@H]1O. The molecule has 0 aromatic heterocycles. The van der Waals surface area contributed by atoms with Crippen LogP contribution in [0.1, 0.15) is 6.92 Å². The van der Waals surface area contributed by atoms with E-state index in [0.717, 1.165) is 0 Å². The van der Waals surface area contributed by atoms with Crippen LogP contribution in [0.5, 0.6) is 0 Å². The van der Waals surface area contributed by atoms with E-state index in [1.807, 2.05) is 0 Å². The van der Waals surface area contributed by atoms with Crippen LogP contribution in [0.15, 0.2) is 0 Å². The van der Waals surface area contributed by atoms with E-state index in [9.17, 15) is 46.0 Å². The van der Waals surface area contributed by atoms with Gasteiger partial charge in [-0.05, 0) is 6.92 Å². The maximum Gasteiger partial charge on any atom is 0.187 e. The molecule has 0 saturated carbocycles. The highest BCUT2D eigenvalue weighted by molar-refractivity contribution is 4.96. The van der Waals surface area contributed by atoms with E-state index < -0.39 is 105 Å². The minimum absolute atomic E-state index is 0.684. The first-order chi connectivity index (χ1) is 16.0. The molecule has 3 aliphatic heterocycles. The van der Waals surface area contributed by atoms with Crippen molar-refractivity contribution in [3.8, 4) is 0 Å². The smallest absolute Gasteiger partial charge is 0.187 e. The Hall–Kier alpha value is -0.600. The monoisotopic (exact) mass is 502 g/mol. The molecule has 3 heterocycles. The maximum absolute atomic E-state index is 11.0. The lowest BCUT2D eigenvalue weighted by Crippen LogP contribution is -2.66. The normalized spacial score (nSPS) is 52.5. The van der Waals surface area contributed by atoms with Gasteiger partial charge in [-0.25, -0.2) is 0 Å². The van der Waals surface area contributed by atoms with E-state index in [2.05, 4.69) is 0 Å².